The molecule has 0 aliphatic heterocycles. The molecular formula is C23H26Cl4N2O2S. The molecule has 0 bridgehead atoms. The lowest BCUT2D eigenvalue weighted by molar-refractivity contribution is -0.138. The lowest BCUT2D eigenvalue weighted by Gasteiger charge is -2.29. The Morgan fingerprint density at radius 3 is 2.22 bits per heavy atom. The molecule has 32 heavy (non-hydrogen) atoms. The summed E-state index contributed by atoms with van der Waals surface area (Å²) >= 11 is 26.0. The minimum absolute atomic E-state index is 0.170. The summed E-state index contributed by atoms with van der Waals surface area (Å²) in [6.07, 6.45) is 0. The highest BCUT2D eigenvalue weighted by molar-refractivity contribution is 7.99. The summed E-state index contributed by atoms with van der Waals surface area (Å²) in [4.78, 5) is 27.4. The van der Waals surface area contributed by atoms with Gasteiger partial charge in [0.25, 0.3) is 0 Å². The van der Waals surface area contributed by atoms with Crippen molar-refractivity contribution in [1.82, 2.24) is 10.2 Å². The quantitative estimate of drug-likeness (QED) is 0.367. The number of hydrogen-bond donors (Lipinski definition) is 1. The van der Waals surface area contributed by atoms with E-state index in [2.05, 4.69) is 5.32 Å². The number of rotatable bonds is 10. The van der Waals surface area contributed by atoms with E-state index in [1.807, 2.05) is 13.8 Å². The van der Waals surface area contributed by atoms with Crippen molar-refractivity contribution < 1.29 is 9.59 Å². The van der Waals surface area contributed by atoms with Gasteiger partial charge in [-0.15, -0.1) is 11.8 Å². The summed E-state index contributed by atoms with van der Waals surface area (Å²) in [5.41, 5.74) is 1.57. The van der Waals surface area contributed by atoms with Crippen LogP contribution in [0.25, 0.3) is 0 Å². The molecule has 9 heteroatoms. The third kappa shape index (κ3) is 8.03. The molecule has 2 aromatic carbocycles. The molecule has 0 saturated heterocycles. The number of thioether (sulfide) groups is 1. The molecule has 0 unspecified atom stereocenters. The van der Waals surface area contributed by atoms with E-state index in [0.717, 1.165) is 11.1 Å². The van der Waals surface area contributed by atoms with Crippen molar-refractivity contribution in [2.45, 2.75) is 39.1 Å². The molecule has 0 aliphatic carbocycles. The number of amides is 2. The summed E-state index contributed by atoms with van der Waals surface area (Å²) in [5, 5.41) is 4.85. The molecular weight excluding hydrogens is 510 g/mol. The van der Waals surface area contributed by atoms with E-state index >= 15 is 0 Å². The SMILES string of the molecule is CC(C)CNC(=O)[C@H](C)N(Cc1ccc(Cl)c(Cl)c1)C(=O)CSCc1c(Cl)cccc1Cl. The van der Waals surface area contributed by atoms with Crippen LogP contribution in [0.15, 0.2) is 36.4 Å². The topological polar surface area (TPSA) is 49.4 Å². The smallest absolute Gasteiger partial charge is 0.242 e. The normalized spacial score (nSPS) is 12.0. The lowest BCUT2D eigenvalue weighted by Crippen LogP contribution is -2.48. The van der Waals surface area contributed by atoms with Crippen molar-refractivity contribution in [3.05, 3.63) is 67.6 Å². The van der Waals surface area contributed by atoms with Gasteiger partial charge in [-0.1, -0.05) is 72.4 Å². The van der Waals surface area contributed by atoms with E-state index in [9.17, 15) is 9.59 Å². The van der Waals surface area contributed by atoms with Crippen LogP contribution in [-0.2, 0) is 21.9 Å². The van der Waals surface area contributed by atoms with Gasteiger partial charge in [0.1, 0.15) is 6.04 Å². The van der Waals surface area contributed by atoms with Crippen molar-refractivity contribution in [2.24, 2.45) is 5.92 Å². The maximum Gasteiger partial charge on any atom is 0.242 e. The summed E-state index contributed by atoms with van der Waals surface area (Å²) < 4.78 is 0. The summed E-state index contributed by atoms with van der Waals surface area (Å²) in [5.74, 6) is 0.590. The number of nitrogens with one attached hydrogen (secondary N) is 1. The third-order valence-electron chi connectivity index (χ3n) is 4.72. The molecule has 174 valence electrons. The molecule has 0 radical (unpaired) electrons. The van der Waals surface area contributed by atoms with Gasteiger partial charge in [0.15, 0.2) is 0 Å². The molecule has 2 aromatic rings. The Kier molecular flexibility index (Phi) is 11.0. The van der Waals surface area contributed by atoms with Crippen LogP contribution in [0.4, 0.5) is 0 Å². The van der Waals surface area contributed by atoms with Crippen LogP contribution in [-0.4, -0.2) is 35.1 Å². The van der Waals surface area contributed by atoms with Gasteiger partial charge in [0.05, 0.1) is 15.8 Å². The van der Waals surface area contributed by atoms with Crippen LogP contribution in [0.5, 0.6) is 0 Å². The second-order valence-corrected chi connectivity index (χ2v) is 10.4. The number of carbonyl (C=O) groups excluding carboxylic acids is 2. The zero-order chi connectivity index (χ0) is 23.8. The molecule has 0 saturated carbocycles. The maximum absolute atomic E-state index is 13.1. The first kappa shape index (κ1) is 27.1. The number of benzene rings is 2. The van der Waals surface area contributed by atoms with Crippen molar-refractivity contribution in [3.8, 4) is 0 Å². The average Bonchev–Trinajstić information content (AvgIpc) is 2.74. The predicted octanol–water partition coefficient (Wildman–Crippen LogP) is 6.72. The maximum atomic E-state index is 13.1. The molecule has 4 nitrogen and oxygen atoms in total. The summed E-state index contributed by atoms with van der Waals surface area (Å²) in [6.45, 7) is 6.53. The Morgan fingerprint density at radius 1 is 0.969 bits per heavy atom. The van der Waals surface area contributed by atoms with Crippen LogP contribution in [0.1, 0.15) is 31.9 Å². The van der Waals surface area contributed by atoms with E-state index in [-0.39, 0.29) is 24.1 Å². The Hall–Kier alpha value is -1.11. The van der Waals surface area contributed by atoms with E-state index in [4.69, 9.17) is 46.4 Å². The second kappa shape index (κ2) is 13.0. The molecule has 2 rings (SSSR count). The highest BCUT2D eigenvalue weighted by atomic mass is 35.5. The van der Waals surface area contributed by atoms with Gasteiger partial charge >= 0.3 is 0 Å². The summed E-state index contributed by atoms with van der Waals surface area (Å²) in [7, 11) is 0. The Morgan fingerprint density at radius 2 is 1.62 bits per heavy atom. The first-order valence-electron chi connectivity index (χ1n) is 10.1. The molecule has 0 aliphatic rings. The van der Waals surface area contributed by atoms with Crippen molar-refractivity contribution in [3.63, 3.8) is 0 Å². The molecule has 1 N–H and O–H groups in total. The van der Waals surface area contributed by atoms with E-state index < -0.39 is 6.04 Å². The number of nitrogens with zero attached hydrogens (tertiary/aromatic N) is 1. The van der Waals surface area contributed by atoms with Crippen LogP contribution in [0.2, 0.25) is 20.1 Å². The lowest BCUT2D eigenvalue weighted by atomic mass is 10.1. The minimum atomic E-state index is -0.653. The van der Waals surface area contributed by atoms with Crippen LogP contribution in [0, 0.1) is 5.92 Å². The predicted molar refractivity (Wildman–Crippen MR) is 137 cm³/mol. The standard InChI is InChI=1S/C23H26Cl4N2O2S/c1-14(2)10-28-23(31)15(3)29(11-16-7-8-20(26)21(27)9-16)22(30)13-32-12-17-18(24)5-4-6-19(17)25/h4-9,14-15H,10-13H2,1-3H3,(H,28,31)/t15-/m0/s1. The molecule has 0 spiro atoms. The van der Waals surface area contributed by atoms with E-state index in [0.29, 0.717) is 38.3 Å². The van der Waals surface area contributed by atoms with Gasteiger partial charge in [-0.2, -0.15) is 0 Å². The molecule has 0 fully saturated rings. The number of halogens is 4. The van der Waals surface area contributed by atoms with Gasteiger partial charge in [0.2, 0.25) is 11.8 Å². The van der Waals surface area contributed by atoms with Gasteiger partial charge in [-0.05, 0) is 48.2 Å². The first-order chi connectivity index (χ1) is 15.1. The fraction of sp³-hybridized carbons (Fsp3) is 0.391. The molecule has 1 atom stereocenters. The Balaban J connectivity index is 2.13. The zero-order valence-corrected chi connectivity index (χ0v) is 22.0. The number of hydrogen-bond acceptors (Lipinski definition) is 3. The van der Waals surface area contributed by atoms with Crippen LogP contribution >= 0.6 is 58.2 Å². The van der Waals surface area contributed by atoms with Gasteiger partial charge in [-0.25, -0.2) is 0 Å². The van der Waals surface area contributed by atoms with Crippen LogP contribution < -0.4 is 5.32 Å². The van der Waals surface area contributed by atoms with Crippen molar-refractivity contribution >= 4 is 70.0 Å². The van der Waals surface area contributed by atoms with Gasteiger partial charge in [0, 0.05) is 28.9 Å². The molecule has 2 amide bonds. The van der Waals surface area contributed by atoms with E-state index in [1.54, 1.807) is 48.2 Å². The zero-order valence-electron chi connectivity index (χ0n) is 18.1. The van der Waals surface area contributed by atoms with Crippen molar-refractivity contribution in [2.75, 3.05) is 12.3 Å². The van der Waals surface area contributed by atoms with Gasteiger partial charge in [-0.3, -0.25) is 9.59 Å². The van der Waals surface area contributed by atoms with Crippen LogP contribution in [0.3, 0.4) is 0 Å². The molecule has 0 aromatic heterocycles. The number of carbonyl (C=O) groups is 2. The fourth-order valence-corrected chi connectivity index (χ4v) is 4.83. The fourth-order valence-electron chi connectivity index (χ4n) is 2.86. The second-order valence-electron chi connectivity index (χ2n) is 7.78. The molecule has 0 heterocycles. The van der Waals surface area contributed by atoms with E-state index in [1.165, 1.54) is 11.8 Å². The highest BCUT2D eigenvalue weighted by Gasteiger charge is 2.26. The third-order valence-corrected chi connectivity index (χ3v) is 7.11. The largest absolute Gasteiger partial charge is 0.354 e. The minimum Gasteiger partial charge on any atom is -0.354 e. The monoisotopic (exact) mass is 534 g/mol. The van der Waals surface area contributed by atoms with Crippen molar-refractivity contribution in [1.29, 1.82) is 0 Å². The Labute approximate surface area is 213 Å². The highest BCUT2D eigenvalue weighted by Crippen LogP contribution is 2.29. The average molecular weight is 536 g/mol. The summed E-state index contributed by atoms with van der Waals surface area (Å²) in [6, 6.07) is 9.84. The Bertz CT molecular complexity index is 935. The van der Waals surface area contributed by atoms with Gasteiger partial charge < -0.3 is 10.2 Å². The first-order valence-corrected chi connectivity index (χ1v) is 12.8.